The summed E-state index contributed by atoms with van der Waals surface area (Å²) in [5, 5.41) is 2.16. The number of methoxy groups -OCH3 is 1. The molecule has 1 aromatic heterocycles. The van der Waals surface area contributed by atoms with E-state index in [4.69, 9.17) is 4.74 Å². The van der Waals surface area contributed by atoms with Gasteiger partial charge in [0.1, 0.15) is 5.75 Å². The Morgan fingerprint density at radius 3 is 2.59 bits per heavy atom. The zero-order valence-corrected chi connectivity index (χ0v) is 18.4. The highest BCUT2D eigenvalue weighted by molar-refractivity contribution is 7.93. The number of rotatable bonds is 3. The van der Waals surface area contributed by atoms with E-state index < -0.39 is 15.6 Å². The second kappa shape index (κ2) is 9.04. The minimum atomic E-state index is -2.95. The summed E-state index contributed by atoms with van der Waals surface area (Å²) in [4.78, 5) is 17.3. The zero-order valence-electron chi connectivity index (χ0n) is 17.6. The number of hydrogen-bond donors (Lipinski definition) is 0. The predicted octanol–water partition coefficient (Wildman–Crippen LogP) is 4.94. The van der Waals surface area contributed by atoms with Crippen molar-refractivity contribution in [1.82, 2.24) is 4.98 Å². The Hall–Kier alpha value is -3.95. The number of benzene rings is 3. The first-order chi connectivity index (χ1) is 15.5. The average Bonchev–Trinajstić information content (AvgIpc) is 2.82. The smallest absolute Gasteiger partial charge is 0.286 e. The molecule has 3 aromatic carbocycles. The summed E-state index contributed by atoms with van der Waals surface area (Å²) in [6, 6.07) is 22.3. The Morgan fingerprint density at radius 2 is 1.75 bits per heavy atom. The van der Waals surface area contributed by atoms with E-state index in [1.165, 1.54) is 19.6 Å². The van der Waals surface area contributed by atoms with Gasteiger partial charge < -0.3 is 4.74 Å². The lowest BCUT2D eigenvalue weighted by Gasteiger charge is -2.06. The third-order valence-corrected chi connectivity index (χ3v) is 6.49. The molecular formula is C26H20N2O3S. The van der Waals surface area contributed by atoms with Gasteiger partial charge >= 0.3 is 0 Å². The van der Waals surface area contributed by atoms with Crippen LogP contribution in [0.3, 0.4) is 0 Å². The van der Waals surface area contributed by atoms with Crippen LogP contribution >= 0.6 is 0 Å². The van der Waals surface area contributed by atoms with E-state index >= 15 is 0 Å². The molecule has 0 radical (unpaired) electrons. The third kappa shape index (κ3) is 4.69. The molecule has 4 aromatic rings. The molecule has 32 heavy (non-hydrogen) atoms. The van der Waals surface area contributed by atoms with Gasteiger partial charge in [0.15, 0.2) is 0 Å². The topological polar surface area (TPSA) is 68.6 Å². The van der Waals surface area contributed by atoms with Gasteiger partial charge in [0, 0.05) is 29.8 Å². The highest BCUT2D eigenvalue weighted by Gasteiger charge is 2.13. The summed E-state index contributed by atoms with van der Waals surface area (Å²) in [6.45, 7) is 0. The van der Waals surface area contributed by atoms with Crippen molar-refractivity contribution >= 4 is 26.4 Å². The number of ether oxygens (including phenoxy) is 1. The van der Waals surface area contributed by atoms with Crippen LogP contribution in [-0.4, -0.2) is 28.5 Å². The molecule has 0 saturated heterocycles. The first kappa shape index (κ1) is 21.3. The molecule has 0 aliphatic heterocycles. The fourth-order valence-electron chi connectivity index (χ4n) is 3.20. The van der Waals surface area contributed by atoms with Crippen molar-refractivity contribution in [2.75, 3.05) is 13.4 Å². The molecule has 1 amide bonds. The summed E-state index contributed by atoms with van der Waals surface area (Å²) >= 11 is 0. The van der Waals surface area contributed by atoms with E-state index in [0.29, 0.717) is 16.2 Å². The lowest BCUT2D eigenvalue weighted by atomic mass is 10.0. The third-order valence-electron chi connectivity index (χ3n) is 4.85. The van der Waals surface area contributed by atoms with Crippen molar-refractivity contribution in [1.29, 1.82) is 0 Å². The maximum atomic E-state index is 13.1. The highest BCUT2D eigenvalue weighted by atomic mass is 32.2. The molecule has 0 bridgehead atoms. The number of pyridine rings is 1. The molecule has 6 heteroatoms. The van der Waals surface area contributed by atoms with Gasteiger partial charge in [-0.15, -0.1) is 0 Å². The van der Waals surface area contributed by atoms with Crippen LogP contribution in [0.2, 0.25) is 0 Å². The second-order valence-corrected chi connectivity index (χ2v) is 9.38. The van der Waals surface area contributed by atoms with Crippen LogP contribution < -0.4 is 4.74 Å². The number of amides is 1. The minimum Gasteiger partial charge on any atom is -0.497 e. The van der Waals surface area contributed by atoms with E-state index in [1.807, 2.05) is 42.5 Å². The van der Waals surface area contributed by atoms with Crippen LogP contribution in [0, 0.1) is 11.8 Å². The fraction of sp³-hybridized carbons (Fsp3) is 0.0769. The number of nitrogens with zero attached hydrogens (tertiary/aromatic N) is 2. The monoisotopic (exact) mass is 440 g/mol. The minimum absolute atomic E-state index is 0.229. The van der Waals surface area contributed by atoms with Crippen molar-refractivity contribution in [3.05, 3.63) is 102 Å². The molecule has 158 valence electrons. The van der Waals surface area contributed by atoms with Crippen molar-refractivity contribution in [2.45, 2.75) is 4.90 Å². The molecule has 1 unspecified atom stereocenters. The van der Waals surface area contributed by atoms with Crippen LogP contribution in [0.15, 0.2) is 94.4 Å². The molecule has 1 heterocycles. The largest absolute Gasteiger partial charge is 0.497 e. The second-order valence-electron chi connectivity index (χ2n) is 7.12. The van der Waals surface area contributed by atoms with E-state index in [9.17, 15) is 9.00 Å². The quantitative estimate of drug-likeness (QED) is 0.423. The van der Waals surface area contributed by atoms with Crippen LogP contribution in [0.5, 0.6) is 5.75 Å². The molecule has 1 atom stereocenters. The van der Waals surface area contributed by atoms with Gasteiger partial charge in [-0.1, -0.05) is 54.3 Å². The van der Waals surface area contributed by atoms with Gasteiger partial charge in [-0.3, -0.25) is 9.78 Å². The van der Waals surface area contributed by atoms with Crippen molar-refractivity contribution in [2.24, 2.45) is 4.36 Å². The maximum absolute atomic E-state index is 13.1. The van der Waals surface area contributed by atoms with E-state index in [2.05, 4.69) is 21.2 Å². The normalized spacial score (nSPS) is 12.3. The lowest BCUT2D eigenvalue weighted by Crippen LogP contribution is -2.05. The van der Waals surface area contributed by atoms with E-state index in [0.717, 1.165) is 16.3 Å². The Kier molecular flexibility index (Phi) is 6.02. The van der Waals surface area contributed by atoms with Gasteiger partial charge in [-0.25, -0.2) is 4.21 Å². The SMILES string of the molecule is COc1cccc(S(C)(=O)=NC(=O)c2cncc(C#Cc3cccc4ccccc34)c2)c1. The number of carbonyl (C=O) groups is 1. The molecule has 0 saturated carbocycles. The number of carbonyl (C=O) groups excluding carboxylic acids is 1. The summed E-state index contributed by atoms with van der Waals surface area (Å²) in [5.41, 5.74) is 1.69. The number of hydrogen-bond acceptors (Lipinski definition) is 4. The lowest BCUT2D eigenvalue weighted by molar-refractivity contribution is 0.100. The molecule has 4 rings (SSSR count). The van der Waals surface area contributed by atoms with Crippen LogP contribution in [0.25, 0.3) is 10.8 Å². The van der Waals surface area contributed by atoms with Gasteiger partial charge in [0.25, 0.3) is 5.91 Å². The summed E-state index contributed by atoms with van der Waals surface area (Å²) in [5.74, 6) is 6.16. The Bertz CT molecular complexity index is 1500. The number of fused-ring (bicyclic) bond motifs is 1. The first-order valence-electron chi connectivity index (χ1n) is 9.82. The molecule has 0 fully saturated rings. The first-order valence-corrected chi connectivity index (χ1v) is 11.7. The van der Waals surface area contributed by atoms with Crippen molar-refractivity contribution in [3.8, 4) is 17.6 Å². The summed E-state index contributed by atoms with van der Waals surface area (Å²) in [7, 11) is -1.43. The summed E-state index contributed by atoms with van der Waals surface area (Å²) in [6.07, 6.45) is 4.41. The molecule has 5 nitrogen and oxygen atoms in total. The molecular weight excluding hydrogens is 420 g/mol. The van der Waals surface area contributed by atoms with Crippen LogP contribution in [0.4, 0.5) is 0 Å². The van der Waals surface area contributed by atoms with E-state index in [-0.39, 0.29) is 5.56 Å². The average molecular weight is 441 g/mol. The summed E-state index contributed by atoms with van der Waals surface area (Å²) < 4.78 is 22.2. The van der Waals surface area contributed by atoms with Gasteiger partial charge in [-0.2, -0.15) is 4.36 Å². The Morgan fingerprint density at radius 1 is 0.969 bits per heavy atom. The zero-order chi connectivity index (χ0) is 22.6. The standard InChI is InChI=1S/C26H20N2O3S/c1-31-23-10-6-11-24(16-23)32(2,30)28-26(29)22-15-19(17-27-18-22)13-14-21-9-5-8-20-7-3-4-12-25(20)21/h3-12,15-18H,1-2H3. The Labute approximate surface area is 187 Å². The predicted molar refractivity (Wildman–Crippen MR) is 126 cm³/mol. The van der Waals surface area contributed by atoms with Crippen molar-refractivity contribution < 1.29 is 13.7 Å². The highest BCUT2D eigenvalue weighted by Crippen LogP contribution is 2.20. The molecule has 0 N–H and O–H groups in total. The van der Waals surface area contributed by atoms with Gasteiger partial charge in [-0.05, 0) is 41.1 Å². The van der Waals surface area contributed by atoms with Gasteiger partial charge in [0.2, 0.25) is 0 Å². The van der Waals surface area contributed by atoms with Gasteiger partial charge in [0.05, 0.1) is 27.3 Å². The molecule has 0 aliphatic rings. The van der Waals surface area contributed by atoms with E-state index in [1.54, 1.807) is 36.5 Å². The Balaban J connectivity index is 1.65. The fourth-order valence-corrected chi connectivity index (χ4v) is 4.39. The maximum Gasteiger partial charge on any atom is 0.286 e. The van der Waals surface area contributed by atoms with Crippen LogP contribution in [0.1, 0.15) is 21.5 Å². The molecule has 0 aliphatic carbocycles. The van der Waals surface area contributed by atoms with Crippen LogP contribution in [-0.2, 0) is 9.73 Å². The molecule has 0 spiro atoms. The number of aromatic nitrogens is 1. The van der Waals surface area contributed by atoms with Crippen molar-refractivity contribution in [3.63, 3.8) is 0 Å².